The lowest BCUT2D eigenvalue weighted by atomic mass is 10.0. The third kappa shape index (κ3) is 4.64. The maximum Gasteiger partial charge on any atom is 0.255 e. The third-order valence-corrected chi connectivity index (χ3v) is 5.89. The number of nitrogens with one attached hydrogen (secondary N) is 1. The van der Waals surface area contributed by atoms with Crippen molar-refractivity contribution >= 4 is 23.4 Å². The van der Waals surface area contributed by atoms with Crippen molar-refractivity contribution in [3.8, 4) is 11.3 Å². The van der Waals surface area contributed by atoms with Crippen LogP contribution in [-0.2, 0) is 4.74 Å². The summed E-state index contributed by atoms with van der Waals surface area (Å²) >= 11 is 0. The van der Waals surface area contributed by atoms with E-state index in [9.17, 15) is 9.90 Å². The molecule has 0 aliphatic carbocycles. The molecular formula is C24H26N6O3. The highest BCUT2D eigenvalue weighted by atomic mass is 16.5. The number of carbonyl (C=O) groups excluding carboxylic acids is 1. The standard InChI is InChI=1S/C24H26N6O3/c1-16-2-3-18(26-23(32)17-4-6-25-7-5-17)12-20(16)21-13-22(29-8-10-33-11-9-29)28-24(27-21)30-14-19(31)15-30/h2-7,12-13,19,31H,8-11,14-15H2,1H3,(H,26,32). The second-order valence-corrected chi connectivity index (χ2v) is 8.29. The summed E-state index contributed by atoms with van der Waals surface area (Å²) in [5, 5.41) is 12.7. The Morgan fingerprint density at radius 1 is 1.06 bits per heavy atom. The largest absolute Gasteiger partial charge is 0.389 e. The Bertz CT molecular complexity index is 1140. The van der Waals surface area contributed by atoms with Gasteiger partial charge in [0.25, 0.3) is 5.91 Å². The minimum Gasteiger partial charge on any atom is -0.389 e. The summed E-state index contributed by atoms with van der Waals surface area (Å²) in [5.41, 5.74) is 3.97. The summed E-state index contributed by atoms with van der Waals surface area (Å²) in [6.45, 7) is 5.91. The van der Waals surface area contributed by atoms with Gasteiger partial charge in [0, 0.05) is 61.5 Å². The van der Waals surface area contributed by atoms with Crippen LogP contribution in [0.15, 0.2) is 48.8 Å². The zero-order valence-corrected chi connectivity index (χ0v) is 18.4. The maximum atomic E-state index is 12.6. The van der Waals surface area contributed by atoms with E-state index < -0.39 is 0 Å². The third-order valence-electron chi connectivity index (χ3n) is 5.89. The molecule has 2 fully saturated rings. The monoisotopic (exact) mass is 446 g/mol. The zero-order valence-electron chi connectivity index (χ0n) is 18.4. The van der Waals surface area contributed by atoms with Gasteiger partial charge in [-0.15, -0.1) is 0 Å². The molecule has 4 heterocycles. The second kappa shape index (κ2) is 9.13. The summed E-state index contributed by atoms with van der Waals surface area (Å²) in [4.78, 5) is 30.3. The molecule has 9 nitrogen and oxygen atoms in total. The number of carbonyl (C=O) groups is 1. The Labute approximate surface area is 192 Å². The van der Waals surface area contributed by atoms with Crippen LogP contribution in [0.5, 0.6) is 0 Å². The van der Waals surface area contributed by atoms with Gasteiger partial charge in [0.2, 0.25) is 5.95 Å². The van der Waals surface area contributed by atoms with Crippen LogP contribution in [-0.4, -0.2) is 71.5 Å². The fourth-order valence-electron chi connectivity index (χ4n) is 3.96. The molecule has 2 N–H and O–H groups in total. The quantitative estimate of drug-likeness (QED) is 0.614. The van der Waals surface area contributed by atoms with E-state index in [-0.39, 0.29) is 12.0 Å². The molecule has 170 valence electrons. The fourth-order valence-corrected chi connectivity index (χ4v) is 3.96. The average molecular weight is 447 g/mol. The molecule has 33 heavy (non-hydrogen) atoms. The topological polar surface area (TPSA) is 104 Å². The highest BCUT2D eigenvalue weighted by Gasteiger charge is 2.28. The first-order valence-electron chi connectivity index (χ1n) is 11.0. The summed E-state index contributed by atoms with van der Waals surface area (Å²) in [5.74, 6) is 1.24. The Kier molecular flexibility index (Phi) is 5.89. The van der Waals surface area contributed by atoms with Crippen molar-refractivity contribution in [2.24, 2.45) is 0 Å². The van der Waals surface area contributed by atoms with Crippen LogP contribution in [0.1, 0.15) is 15.9 Å². The first-order valence-corrected chi connectivity index (χ1v) is 11.0. The number of aliphatic hydroxyl groups is 1. The number of aryl methyl sites for hydroxylation is 1. The first kappa shape index (κ1) is 21.3. The molecule has 0 spiro atoms. The van der Waals surface area contributed by atoms with Crippen LogP contribution in [0, 0.1) is 6.92 Å². The summed E-state index contributed by atoms with van der Waals surface area (Å²) < 4.78 is 5.50. The smallest absolute Gasteiger partial charge is 0.255 e. The lowest BCUT2D eigenvalue weighted by Gasteiger charge is -2.37. The molecule has 2 aliphatic rings. The Morgan fingerprint density at radius 3 is 2.55 bits per heavy atom. The van der Waals surface area contributed by atoms with Crippen molar-refractivity contribution in [1.82, 2.24) is 15.0 Å². The van der Waals surface area contributed by atoms with E-state index >= 15 is 0 Å². The van der Waals surface area contributed by atoms with Crippen molar-refractivity contribution in [3.63, 3.8) is 0 Å². The number of aliphatic hydroxyl groups excluding tert-OH is 1. The molecule has 2 saturated heterocycles. The molecule has 5 rings (SSSR count). The van der Waals surface area contributed by atoms with Gasteiger partial charge in [-0.3, -0.25) is 9.78 Å². The molecule has 9 heteroatoms. The minimum atomic E-state index is -0.349. The zero-order chi connectivity index (χ0) is 22.8. The van der Waals surface area contributed by atoms with Gasteiger partial charge in [-0.25, -0.2) is 4.98 Å². The van der Waals surface area contributed by atoms with Crippen molar-refractivity contribution in [1.29, 1.82) is 0 Å². The summed E-state index contributed by atoms with van der Waals surface area (Å²) in [6.07, 6.45) is 2.84. The van der Waals surface area contributed by atoms with E-state index in [0.717, 1.165) is 35.7 Å². The molecule has 0 bridgehead atoms. The van der Waals surface area contributed by atoms with Crippen LogP contribution in [0.2, 0.25) is 0 Å². The number of morpholine rings is 1. The number of β-amino-alcohol motifs (C(OH)–C–C–N with tert-alkyl or cyclic N) is 1. The molecular weight excluding hydrogens is 420 g/mol. The first-order chi connectivity index (χ1) is 16.1. The highest BCUT2D eigenvalue weighted by Crippen LogP contribution is 2.31. The van der Waals surface area contributed by atoms with E-state index in [0.29, 0.717) is 43.5 Å². The van der Waals surface area contributed by atoms with Crippen LogP contribution in [0.4, 0.5) is 17.5 Å². The number of aromatic nitrogens is 3. The molecule has 1 amide bonds. The minimum absolute atomic E-state index is 0.195. The number of nitrogens with zero attached hydrogens (tertiary/aromatic N) is 5. The summed E-state index contributed by atoms with van der Waals surface area (Å²) in [6, 6.07) is 11.1. The highest BCUT2D eigenvalue weighted by molar-refractivity contribution is 6.04. The molecule has 1 aromatic carbocycles. The normalized spacial score (nSPS) is 16.4. The van der Waals surface area contributed by atoms with Gasteiger partial charge >= 0.3 is 0 Å². The van der Waals surface area contributed by atoms with Gasteiger partial charge in [-0.1, -0.05) is 6.07 Å². The van der Waals surface area contributed by atoms with E-state index in [1.165, 1.54) is 0 Å². The number of ether oxygens (including phenoxy) is 1. The second-order valence-electron chi connectivity index (χ2n) is 8.29. The number of anilines is 3. The van der Waals surface area contributed by atoms with Crippen LogP contribution >= 0.6 is 0 Å². The van der Waals surface area contributed by atoms with Crippen molar-refractivity contribution in [2.75, 3.05) is 54.5 Å². The fraction of sp³-hybridized carbons (Fsp3) is 0.333. The van der Waals surface area contributed by atoms with Gasteiger partial charge in [-0.2, -0.15) is 4.98 Å². The molecule has 3 aromatic rings. The van der Waals surface area contributed by atoms with Gasteiger partial charge in [0.1, 0.15) is 5.82 Å². The molecule has 0 atom stereocenters. The molecule has 0 saturated carbocycles. The Balaban J connectivity index is 1.48. The lowest BCUT2D eigenvalue weighted by Crippen LogP contribution is -2.51. The average Bonchev–Trinajstić information content (AvgIpc) is 2.84. The van der Waals surface area contributed by atoms with E-state index in [4.69, 9.17) is 14.7 Å². The van der Waals surface area contributed by atoms with Crippen LogP contribution < -0.4 is 15.1 Å². The van der Waals surface area contributed by atoms with Gasteiger partial charge < -0.3 is 25.0 Å². The van der Waals surface area contributed by atoms with E-state index in [1.54, 1.807) is 24.5 Å². The number of hydrogen-bond donors (Lipinski definition) is 2. The lowest BCUT2D eigenvalue weighted by molar-refractivity contribution is 0.102. The molecule has 2 aromatic heterocycles. The molecule has 0 unspecified atom stereocenters. The number of amides is 1. The van der Waals surface area contributed by atoms with Crippen LogP contribution in [0.3, 0.4) is 0 Å². The van der Waals surface area contributed by atoms with Gasteiger partial charge in [0.15, 0.2) is 0 Å². The van der Waals surface area contributed by atoms with Crippen molar-refractivity contribution < 1.29 is 14.6 Å². The SMILES string of the molecule is Cc1ccc(NC(=O)c2ccncc2)cc1-c1cc(N2CCOCC2)nc(N2CC(O)C2)n1. The predicted octanol–water partition coefficient (Wildman–Crippen LogP) is 2.12. The number of benzene rings is 1. The van der Waals surface area contributed by atoms with Crippen molar-refractivity contribution in [2.45, 2.75) is 13.0 Å². The number of pyridine rings is 1. The van der Waals surface area contributed by atoms with E-state index in [1.807, 2.05) is 36.1 Å². The van der Waals surface area contributed by atoms with Gasteiger partial charge in [-0.05, 0) is 36.8 Å². The number of hydrogen-bond acceptors (Lipinski definition) is 8. The Hall–Kier alpha value is -3.56. The Morgan fingerprint density at radius 2 is 1.82 bits per heavy atom. The molecule has 0 radical (unpaired) electrons. The van der Waals surface area contributed by atoms with Crippen LogP contribution in [0.25, 0.3) is 11.3 Å². The van der Waals surface area contributed by atoms with E-state index in [2.05, 4.69) is 15.2 Å². The maximum absolute atomic E-state index is 12.6. The summed E-state index contributed by atoms with van der Waals surface area (Å²) in [7, 11) is 0. The predicted molar refractivity (Wildman–Crippen MR) is 126 cm³/mol. The van der Waals surface area contributed by atoms with Gasteiger partial charge in [0.05, 0.1) is 25.0 Å². The molecule has 2 aliphatic heterocycles. The number of rotatable bonds is 5. The van der Waals surface area contributed by atoms with Crippen molar-refractivity contribution in [3.05, 3.63) is 59.9 Å².